The standard InChI is InChI=1S/C21H32O3/c1-14-6-5-10-21(4,23)18-12-16(15(2)19(22)24-18)9-11-20(3)13-17(20)8-7-14/h6,16-18,23H,2,5,7-13H2,1,3-4H3/b14-6-/t16-,17-,18-,20-,21+/m1/s1. The SMILES string of the molecule is C=C1C(=O)O[C@@H]2C[C@H]1CC[C@]1(C)C[C@H]1CC/C(C)=C\CC[C@]2(C)O. The van der Waals surface area contributed by atoms with E-state index in [-0.39, 0.29) is 11.9 Å². The van der Waals surface area contributed by atoms with Crippen LogP contribution in [0.3, 0.4) is 0 Å². The summed E-state index contributed by atoms with van der Waals surface area (Å²) in [6, 6.07) is 0. The molecule has 1 saturated carbocycles. The Morgan fingerprint density at radius 2 is 2.04 bits per heavy atom. The van der Waals surface area contributed by atoms with Gasteiger partial charge in [0.05, 0.1) is 5.60 Å². The van der Waals surface area contributed by atoms with Crippen molar-refractivity contribution in [3.05, 3.63) is 23.8 Å². The molecule has 3 aliphatic rings. The summed E-state index contributed by atoms with van der Waals surface area (Å²) < 4.78 is 5.52. The first kappa shape index (κ1) is 17.7. The minimum Gasteiger partial charge on any atom is -0.456 e. The lowest BCUT2D eigenvalue weighted by Gasteiger charge is -2.39. The lowest BCUT2D eigenvalue weighted by Crippen LogP contribution is -2.47. The molecule has 0 radical (unpaired) electrons. The molecule has 0 amide bonds. The van der Waals surface area contributed by atoms with E-state index in [0.29, 0.717) is 23.8 Å². The van der Waals surface area contributed by atoms with E-state index in [9.17, 15) is 9.90 Å². The van der Waals surface area contributed by atoms with Crippen LogP contribution in [0, 0.1) is 17.3 Å². The van der Waals surface area contributed by atoms with Gasteiger partial charge in [0, 0.05) is 5.57 Å². The van der Waals surface area contributed by atoms with Crippen molar-refractivity contribution in [2.45, 2.75) is 83.8 Å². The molecule has 0 unspecified atom stereocenters. The quantitative estimate of drug-likeness (QED) is 0.402. The van der Waals surface area contributed by atoms with E-state index < -0.39 is 11.7 Å². The van der Waals surface area contributed by atoms with Crippen LogP contribution >= 0.6 is 0 Å². The molecule has 0 aromatic carbocycles. The largest absolute Gasteiger partial charge is 0.456 e. The van der Waals surface area contributed by atoms with Crippen molar-refractivity contribution in [1.82, 2.24) is 0 Å². The van der Waals surface area contributed by atoms with Crippen molar-refractivity contribution in [3.63, 3.8) is 0 Å². The Labute approximate surface area is 146 Å². The van der Waals surface area contributed by atoms with E-state index >= 15 is 0 Å². The molecule has 5 atom stereocenters. The third-order valence-corrected chi connectivity index (χ3v) is 6.83. The number of aliphatic hydroxyl groups is 1. The molecular formula is C21H32O3. The van der Waals surface area contributed by atoms with Crippen molar-refractivity contribution >= 4 is 5.97 Å². The van der Waals surface area contributed by atoms with E-state index in [0.717, 1.165) is 31.6 Å². The lowest BCUT2D eigenvalue weighted by molar-refractivity contribution is -0.168. The number of hydrogen-bond donors (Lipinski definition) is 1. The second-order valence-corrected chi connectivity index (χ2v) is 8.93. The van der Waals surface area contributed by atoms with Gasteiger partial charge in [0.15, 0.2) is 0 Å². The summed E-state index contributed by atoms with van der Waals surface area (Å²) >= 11 is 0. The molecule has 2 aliphatic carbocycles. The predicted molar refractivity (Wildman–Crippen MR) is 95.4 cm³/mol. The number of carbonyl (C=O) groups is 1. The fourth-order valence-corrected chi connectivity index (χ4v) is 4.53. The first-order valence-electron chi connectivity index (χ1n) is 9.49. The second-order valence-electron chi connectivity index (χ2n) is 8.93. The summed E-state index contributed by atoms with van der Waals surface area (Å²) in [6.07, 6.45) is 9.88. The Morgan fingerprint density at radius 1 is 1.29 bits per heavy atom. The van der Waals surface area contributed by atoms with Crippen molar-refractivity contribution in [1.29, 1.82) is 0 Å². The summed E-state index contributed by atoms with van der Waals surface area (Å²) in [5, 5.41) is 10.9. The molecule has 0 aromatic heterocycles. The first-order valence-corrected chi connectivity index (χ1v) is 9.49. The number of ether oxygens (including phenoxy) is 1. The van der Waals surface area contributed by atoms with Crippen molar-refractivity contribution in [2.75, 3.05) is 0 Å². The molecule has 2 bridgehead atoms. The first-order chi connectivity index (χ1) is 11.2. The molecule has 1 saturated heterocycles. The van der Waals surface area contributed by atoms with Gasteiger partial charge >= 0.3 is 5.97 Å². The number of carbonyl (C=O) groups excluding carboxylic acids is 1. The zero-order valence-corrected chi connectivity index (χ0v) is 15.4. The molecule has 134 valence electrons. The van der Waals surface area contributed by atoms with Gasteiger partial charge in [0.2, 0.25) is 0 Å². The van der Waals surface area contributed by atoms with Crippen LogP contribution in [0.1, 0.15) is 72.1 Å². The van der Waals surface area contributed by atoms with Crippen LogP contribution in [0.2, 0.25) is 0 Å². The molecule has 1 heterocycles. The summed E-state index contributed by atoms with van der Waals surface area (Å²) in [6.45, 7) is 10.4. The maximum Gasteiger partial charge on any atom is 0.334 e. The van der Waals surface area contributed by atoms with Crippen molar-refractivity contribution in [3.8, 4) is 0 Å². The van der Waals surface area contributed by atoms with Crippen LogP contribution in [0.25, 0.3) is 0 Å². The van der Waals surface area contributed by atoms with Gasteiger partial charge in [-0.15, -0.1) is 0 Å². The van der Waals surface area contributed by atoms with Crippen molar-refractivity contribution in [2.24, 2.45) is 17.3 Å². The fraction of sp³-hybridized carbons (Fsp3) is 0.762. The molecule has 3 rings (SSSR count). The van der Waals surface area contributed by atoms with Crippen LogP contribution in [0.15, 0.2) is 23.8 Å². The minimum absolute atomic E-state index is 0.154. The third-order valence-electron chi connectivity index (χ3n) is 6.83. The van der Waals surface area contributed by atoms with Gasteiger partial charge in [-0.05, 0) is 82.5 Å². The van der Waals surface area contributed by atoms with Crippen molar-refractivity contribution < 1.29 is 14.6 Å². The maximum absolute atomic E-state index is 12.2. The Hall–Kier alpha value is -1.09. The van der Waals surface area contributed by atoms with Crippen LogP contribution in [-0.2, 0) is 9.53 Å². The molecule has 3 nitrogen and oxygen atoms in total. The van der Waals surface area contributed by atoms with E-state index in [2.05, 4.69) is 26.5 Å². The van der Waals surface area contributed by atoms with Crippen LogP contribution in [0.4, 0.5) is 0 Å². The molecule has 0 spiro atoms. The van der Waals surface area contributed by atoms with E-state index in [1.54, 1.807) is 0 Å². The highest BCUT2D eigenvalue weighted by atomic mass is 16.6. The molecular weight excluding hydrogens is 300 g/mol. The van der Waals surface area contributed by atoms with E-state index in [1.807, 2.05) is 6.92 Å². The van der Waals surface area contributed by atoms with E-state index in [1.165, 1.54) is 18.4 Å². The smallest absolute Gasteiger partial charge is 0.334 e. The predicted octanol–water partition coefficient (Wildman–Crippen LogP) is 4.55. The number of rotatable bonds is 0. The summed E-state index contributed by atoms with van der Waals surface area (Å²) in [5.41, 5.74) is 1.49. The number of esters is 1. The molecule has 3 heteroatoms. The average Bonchev–Trinajstić information content (AvgIpc) is 3.16. The number of allylic oxidation sites excluding steroid dienone is 2. The molecule has 2 fully saturated rings. The highest BCUT2D eigenvalue weighted by Crippen LogP contribution is 2.58. The highest BCUT2D eigenvalue weighted by molar-refractivity contribution is 5.89. The van der Waals surface area contributed by atoms with Gasteiger partial charge in [-0.1, -0.05) is 25.2 Å². The molecule has 1 N–H and O–H groups in total. The highest BCUT2D eigenvalue weighted by Gasteiger charge is 2.50. The Kier molecular flexibility index (Phi) is 4.67. The van der Waals surface area contributed by atoms with Crippen LogP contribution in [0.5, 0.6) is 0 Å². The van der Waals surface area contributed by atoms with Gasteiger partial charge in [0.1, 0.15) is 6.10 Å². The summed E-state index contributed by atoms with van der Waals surface area (Å²) in [7, 11) is 0. The number of hydrogen-bond acceptors (Lipinski definition) is 3. The van der Waals surface area contributed by atoms with Gasteiger partial charge < -0.3 is 9.84 Å². The van der Waals surface area contributed by atoms with Gasteiger partial charge in [-0.25, -0.2) is 4.79 Å². The minimum atomic E-state index is -0.971. The van der Waals surface area contributed by atoms with Gasteiger partial charge in [0.25, 0.3) is 0 Å². The lowest BCUT2D eigenvalue weighted by atomic mass is 9.78. The zero-order chi connectivity index (χ0) is 17.5. The average molecular weight is 332 g/mol. The topological polar surface area (TPSA) is 46.5 Å². The molecule has 0 aromatic rings. The monoisotopic (exact) mass is 332 g/mol. The Bertz CT molecular complexity index is 559. The summed E-state index contributed by atoms with van der Waals surface area (Å²) in [4.78, 5) is 12.2. The van der Waals surface area contributed by atoms with Crippen LogP contribution < -0.4 is 0 Å². The van der Waals surface area contributed by atoms with Gasteiger partial charge in [-0.2, -0.15) is 0 Å². The second kappa shape index (κ2) is 6.33. The normalized spacial score (nSPS) is 46.2. The van der Waals surface area contributed by atoms with Gasteiger partial charge in [-0.3, -0.25) is 0 Å². The number of fused-ring (bicyclic) bond motifs is 3. The summed E-state index contributed by atoms with van der Waals surface area (Å²) in [5.74, 6) is 0.667. The fourth-order valence-electron chi connectivity index (χ4n) is 4.53. The molecule has 24 heavy (non-hydrogen) atoms. The third kappa shape index (κ3) is 3.61. The van der Waals surface area contributed by atoms with Crippen LogP contribution in [-0.4, -0.2) is 22.8 Å². The Morgan fingerprint density at radius 3 is 2.79 bits per heavy atom. The molecule has 1 aliphatic heterocycles. The zero-order valence-electron chi connectivity index (χ0n) is 15.4. The Balaban J connectivity index is 1.80. The maximum atomic E-state index is 12.2. The van der Waals surface area contributed by atoms with E-state index in [4.69, 9.17) is 4.74 Å².